The van der Waals surface area contributed by atoms with Crippen LogP contribution >= 0.6 is 22.9 Å². The Balaban J connectivity index is 1.54. The summed E-state index contributed by atoms with van der Waals surface area (Å²) in [5, 5.41) is 7.51. The third-order valence-electron chi connectivity index (χ3n) is 5.44. The molecule has 0 saturated carbocycles. The van der Waals surface area contributed by atoms with Gasteiger partial charge in [-0.15, -0.1) is 11.3 Å². The number of hydrazone groups is 1. The maximum Gasteiger partial charge on any atom is 0.271 e. The first-order valence-electron chi connectivity index (χ1n) is 11.9. The van der Waals surface area contributed by atoms with Crippen LogP contribution in [-0.4, -0.2) is 30.8 Å². The number of nitrogens with zero attached hydrogens (tertiary/aromatic N) is 2. The fourth-order valence-corrected chi connectivity index (χ4v) is 4.43. The van der Waals surface area contributed by atoms with Crippen LogP contribution in [0.25, 0.3) is 11.3 Å². The number of aryl methyl sites for hydroxylation is 1. The second-order valence-corrected chi connectivity index (χ2v) is 9.65. The van der Waals surface area contributed by atoms with Gasteiger partial charge in [0.05, 0.1) is 35.7 Å². The van der Waals surface area contributed by atoms with E-state index in [1.165, 1.54) is 31.9 Å². The molecule has 3 rings (SSSR count). The minimum atomic E-state index is -0.306. The monoisotopic (exact) mass is 513 g/mol. The van der Waals surface area contributed by atoms with Gasteiger partial charge in [0.15, 0.2) is 11.5 Å². The lowest BCUT2D eigenvalue weighted by Gasteiger charge is -2.13. The van der Waals surface area contributed by atoms with Crippen LogP contribution in [0.1, 0.15) is 66.4 Å². The summed E-state index contributed by atoms with van der Waals surface area (Å²) < 4.78 is 11.3. The molecule has 0 unspecified atom stereocenters. The van der Waals surface area contributed by atoms with Gasteiger partial charge in [-0.25, -0.2) is 10.4 Å². The van der Waals surface area contributed by atoms with E-state index >= 15 is 0 Å². The summed E-state index contributed by atoms with van der Waals surface area (Å²) in [6.07, 6.45) is 8.64. The Hall–Kier alpha value is -2.90. The first-order valence-corrected chi connectivity index (χ1v) is 13.1. The molecule has 0 fully saturated rings. The van der Waals surface area contributed by atoms with Gasteiger partial charge in [-0.1, -0.05) is 62.8 Å². The van der Waals surface area contributed by atoms with Crippen LogP contribution in [0.2, 0.25) is 5.02 Å². The molecule has 0 atom stereocenters. The Morgan fingerprint density at radius 1 is 1.14 bits per heavy atom. The van der Waals surface area contributed by atoms with Crippen LogP contribution in [0.5, 0.6) is 11.5 Å². The SMILES string of the molecule is CCCCCCCCOc1c(Cl)cc(/C=N/NC(=O)c2ccc(-c3csc(C)n3)cc2)cc1OC. The van der Waals surface area contributed by atoms with Gasteiger partial charge < -0.3 is 9.47 Å². The van der Waals surface area contributed by atoms with Crippen LogP contribution in [0.3, 0.4) is 0 Å². The second kappa shape index (κ2) is 13.9. The molecule has 186 valence electrons. The first-order chi connectivity index (χ1) is 17.0. The van der Waals surface area contributed by atoms with E-state index in [9.17, 15) is 4.79 Å². The van der Waals surface area contributed by atoms with Crippen molar-refractivity contribution in [3.8, 4) is 22.8 Å². The average Bonchev–Trinajstić information content (AvgIpc) is 3.30. The summed E-state index contributed by atoms with van der Waals surface area (Å²) in [4.78, 5) is 16.9. The predicted molar refractivity (Wildman–Crippen MR) is 144 cm³/mol. The van der Waals surface area contributed by atoms with E-state index in [-0.39, 0.29) is 5.91 Å². The quantitative estimate of drug-likeness (QED) is 0.148. The van der Waals surface area contributed by atoms with E-state index in [1.807, 2.05) is 24.4 Å². The third kappa shape index (κ3) is 8.08. The molecule has 1 heterocycles. The Morgan fingerprint density at radius 2 is 1.89 bits per heavy atom. The number of thiazole rings is 1. The number of carbonyl (C=O) groups excluding carboxylic acids is 1. The van der Waals surface area contributed by atoms with Crippen molar-refractivity contribution >= 4 is 35.1 Å². The topological polar surface area (TPSA) is 72.8 Å². The fraction of sp³-hybridized carbons (Fsp3) is 0.370. The highest BCUT2D eigenvalue weighted by atomic mass is 35.5. The molecule has 0 saturated heterocycles. The number of rotatable bonds is 13. The van der Waals surface area contributed by atoms with E-state index in [0.717, 1.165) is 29.1 Å². The first kappa shape index (κ1) is 26.7. The van der Waals surface area contributed by atoms with Gasteiger partial charge in [0.1, 0.15) is 0 Å². The van der Waals surface area contributed by atoms with Crippen LogP contribution in [0.4, 0.5) is 0 Å². The van der Waals surface area contributed by atoms with Crippen molar-refractivity contribution in [3.63, 3.8) is 0 Å². The summed E-state index contributed by atoms with van der Waals surface area (Å²) in [5.74, 6) is 0.752. The number of ether oxygens (including phenoxy) is 2. The van der Waals surface area contributed by atoms with E-state index < -0.39 is 0 Å². The van der Waals surface area contributed by atoms with E-state index in [0.29, 0.717) is 34.3 Å². The zero-order valence-corrected chi connectivity index (χ0v) is 22.0. The molecule has 1 amide bonds. The van der Waals surface area contributed by atoms with Gasteiger partial charge in [-0.05, 0) is 43.2 Å². The molecular formula is C27H32ClN3O3S. The normalized spacial score (nSPS) is 11.1. The molecule has 35 heavy (non-hydrogen) atoms. The summed E-state index contributed by atoms with van der Waals surface area (Å²) in [5.41, 5.74) is 5.61. The number of carbonyl (C=O) groups is 1. The molecule has 0 aliphatic carbocycles. The van der Waals surface area contributed by atoms with Crippen molar-refractivity contribution in [1.82, 2.24) is 10.4 Å². The van der Waals surface area contributed by atoms with Crippen molar-refractivity contribution in [2.45, 2.75) is 52.4 Å². The Bertz CT molecular complexity index is 1130. The lowest BCUT2D eigenvalue weighted by atomic mass is 10.1. The predicted octanol–water partition coefficient (Wildman–Crippen LogP) is 7.28. The number of methoxy groups -OCH3 is 1. The Kier molecular flexibility index (Phi) is 10.6. The number of benzene rings is 2. The average molecular weight is 514 g/mol. The van der Waals surface area contributed by atoms with Crippen molar-refractivity contribution in [1.29, 1.82) is 0 Å². The zero-order chi connectivity index (χ0) is 25.0. The molecule has 0 radical (unpaired) electrons. The smallest absolute Gasteiger partial charge is 0.271 e. The lowest BCUT2D eigenvalue weighted by Crippen LogP contribution is -2.17. The number of halogens is 1. The van der Waals surface area contributed by atoms with Crippen LogP contribution < -0.4 is 14.9 Å². The number of hydrogen-bond acceptors (Lipinski definition) is 6. The van der Waals surface area contributed by atoms with Crippen molar-refractivity contribution in [2.24, 2.45) is 5.10 Å². The molecule has 0 aliphatic heterocycles. The lowest BCUT2D eigenvalue weighted by molar-refractivity contribution is 0.0955. The standard InChI is InChI=1S/C27H32ClN3O3S/c1-4-5-6-7-8-9-14-34-26-23(28)15-20(16-25(26)33-3)17-29-31-27(32)22-12-10-21(11-13-22)24-18-35-19(2)30-24/h10-13,15-18H,4-9,14H2,1-3H3,(H,31,32)/b29-17+. The number of amides is 1. The second-order valence-electron chi connectivity index (χ2n) is 8.18. The Morgan fingerprint density at radius 3 is 2.57 bits per heavy atom. The summed E-state index contributed by atoms with van der Waals surface area (Å²) in [6, 6.07) is 10.8. The minimum absolute atomic E-state index is 0.306. The highest BCUT2D eigenvalue weighted by molar-refractivity contribution is 7.09. The van der Waals surface area contributed by atoms with Gasteiger partial charge in [0.25, 0.3) is 5.91 Å². The van der Waals surface area contributed by atoms with Crippen molar-refractivity contribution in [2.75, 3.05) is 13.7 Å². The van der Waals surface area contributed by atoms with E-state index in [4.69, 9.17) is 21.1 Å². The van der Waals surface area contributed by atoms with Crippen LogP contribution in [0, 0.1) is 6.92 Å². The fourth-order valence-electron chi connectivity index (χ4n) is 3.53. The Labute approximate surface area is 216 Å². The number of unbranched alkanes of at least 4 members (excludes halogenated alkanes) is 5. The summed E-state index contributed by atoms with van der Waals surface area (Å²) in [6.45, 7) is 4.77. The maximum atomic E-state index is 12.5. The zero-order valence-electron chi connectivity index (χ0n) is 20.5. The molecular weight excluding hydrogens is 482 g/mol. The van der Waals surface area contributed by atoms with Gasteiger partial charge in [0, 0.05) is 16.5 Å². The van der Waals surface area contributed by atoms with Crippen molar-refractivity contribution < 1.29 is 14.3 Å². The molecule has 0 bridgehead atoms. The summed E-state index contributed by atoms with van der Waals surface area (Å²) in [7, 11) is 1.57. The number of aromatic nitrogens is 1. The molecule has 1 aromatic heterocycles. The summed E-state index contributed by atoms with van der Waals surface area (Å²) >= 11 is 8.04. The van der Waals surface area contributed by atoms with Gasteiger partial charge in [-0.2, -0.15) is 5.10 Å². The van der Waals surface area contributed by atoms with Gasteiger partial charge in [0.2, 0.25) is 0 Å². The maximum absolute atomic E-state index is 12.5. The highest BCUT2D eigenvalue weighted by Gasteiger charge is 2.12. The number of hydrogen-bond donors (Lipinski definition) is 1. The molecule has 0 aliphatic rings. The van der Waals surface area contributed by atoms with Crippen LogP contribution in [-0.2, 0) is 0 Å². The number of nitrogens with one attached hydrogen (secondary N) is 1. The largest absolute Gasteiger partial charge is 0.493 e. The van der Waals surface area contributed by atoms with Gasteiger partial charge in [-0.3, -0.25) is 4.79 Å². The van der Waals surface area contributed by atoms with E-state index in [1.54, 1.807) is 42.7 Å². The van der Waals surface area contributed by atoms with Crippen molar-refractivity contribution in [3.05, 3.63) is 62.9 Å². The molecule has 2 aromatic carbocycles. The highest BCUT2D eigenvalue weighted by Crippen LogP contribution is 2.36. The molecule has 8 heteroatoms. The van der Waals surface area contributed by atoms with E-state index in [2.05, 4.69) is 22.4 Å². The molecule has 1 N–H and O–H groups in total. The molecule has 6 nitrogen and oxygen atoms in total. The minimum Gasteiger partial charge on any atom is -0.493 e. The van der Waals surface area contributed by atoms with Crippen LogP contribution in [0.15, 0.2) is 46.9 Å². The third-order valence-corrected chi connectivity index (χ3v) is 6.49. The molecule has 0 spiro atoms. The van der Waals surface area contributed by atoms with Gasteiger partial charge >= 0.3 is 0 Å². The molecule has 3 aromatic rings.